The van der Waals surface area contributed by atoms with Crippen LogP contribution in [0.15, 0.2) is 4.34 Å². The summed E-state index contributed by atoms with van der Waals surface area (Å²) in [5, 5.41) is 21.4. The quantitative estimate of drug-likeness (QED) is 0.704. The van der Waals surface area contributed by atoms with Gasteiger partial charge in [0.05, 0.1) is 6.61 Å². The molecule has 0 radical (unpaired) electrons. The van der Waals surface area contributed by atoms with E-state index in [0.717, 1.165) is 21.8 Å². The summed E-state index contributed by atoms with van der Waals surface area (Å²) in [4.78, 5) is 1.94. The van der Waals surface area contributed by atoms with Gasteiger partial charge in [-0.3, -0.25) is 0 Å². The molecular weight excluding hydrogens is 244 g/mol. The average molecular weight is 262 g/mol. The molecule has 2 N–H and O–H groups in total. The zero-order valence-corrected chi connectivity index (χ0v) is 11.4. The van der Waals surface area contributed by atoms with Crippen molar-refractivity contribution in [2.45, 2.75) is 17.3 Å². The Morgan fingerprint density at radius 3 is 2.75 bits per heavy atom. The van der Waals surface area contributed by atoms with Crippen LogP contribution in [0.1, 0.15) is 6.92 Å². The van der Waals surface area contributed by atoms with Gasteiger partial charge in [0.1, 0.15) is 0 Å². The highest BCUT2D eigenvalue weighted by molar-refractivity contribution is 8.01. The van der Waals surface area contributed by atoms with E-state index >= 15 is 0 Å². The number of nitrogens with zero attached hydrogens (tertiary/aromatic N) is 3. The van der Waals surface area contributed by atoms with Crippen molar-refractivity contribution in [3.05, 3.63) is 0 Å². The fourth-order valence-corrected chi connectivity index (χ4v) is 2.91. The molecule has 0 spiro atoms. The van der Waals surface area contributed by atoms with Gasteiger partial charge in [-0.05, 0) is 6.54 Å². The first-order valence-corrected chi connectivity index (χ1v) is 6.95. The molecule has 1 aromatic heterocycles. The third-order valence-electron chi connectivity index (χ3n) is 1.90. The predicted octanol–water partition coefficient (Wildman–Crippen LogP) is 0.667. The lowest BCUT2D eigenvalue weighted by Gasteiger charge is -2.12. The molecule has 0 fully saturated rings. The van der Waals surface area contributed by atoms with Crippen LogP contribution >= 0.6 is 23.1 Å². The van der Waals surface area contributed by atoms with Crippen LogP contribution in [0.4, 0.5) is 5.13 Å². The van der Waals surface area contributed by atoms with E-state index < -0.39 is 0 Å². The first-order valence-electron chi connectivity index (χ1n) is 5.15. The molecule has 1 atom stereocenters. The van der Waals surface area contributed by atoms with Gasteiger partial charge in [0.15, 0.2) is 4.34 Å². The van der Waals surface area contributed by atoms with Crippen LogP contribution in [0.5, 0.6) is 0 Å². The highest BCUT2D eigenvalue weighted by atomic mass is 32.2. The van der Waals surface area contributed by atoms with Gasteiger partial charge in [0.25, 0.3) is 0 Å². The average Bonchev–Trinajstić information content (AvgIpc) is 2.73. The van der Waals surface area contributed by atoms with Gasteiger partial charge in [-0.1, -0.05) is 30.0 Å². The number of hydrogen-bond acceptors (Lipinski definition) is 7. The molecule has 1 aromatic rings. The number of aromatic nitrogens is 2. The molecule has 0 saturated carbocycles. The highest BCUT2D eigenvalue weighted by Gasteiger charge is 2.10. The molecule has 92 valence electrons. The molecule has 0 saturated heterocycles. The topological polar surface area (TPSA) is 61.3 Å². The summed E-state index contributed by atoms with van der Waals surface area (Å²) < 4.78 is 0.944. The van der Waals surface area contributed by atoms with E-state index in [-0.39, 0.29) is 12.6 Å². The zero-order chi connectivity index (χ0) is 12.0. The molecule has 0 aliphatic carbocycles. The van der Waals surface area contributed by atoms with Crippen molar-refractivity contribution in [3.63, 3.8) is 0 Å². The smallest absolute Gasteiger partial charge is 0.208 e. The summed E-state index contributed by atoms with van der Waals surface area (Å²) in [5.74, 6) is 0.812. The van der Waals surface area contributed by atoms with E-state index in [1.54, 1.807) is 23.1 Å². The van der Waals surface area contributed by atoms with Crippen LogP contribution in [0.2, 0.25) is 0 Å². The van der Waals surface area contributed by atoms with Gasteiger partial charge in [0.2, 0.25) is 5.13 Å². The Morgan fingerprint density at radius 1 is 1.50 bits per heavy atom. The van der Waals surface area contributed by atoms with Crippen molar-refractivity contribution in [3.8, 4) is 0 Å². The van der Waals surface area contributed by atoms with Crippen molar-refractivity contribution in [1.82, 2.24) is 15.5 Å². The number of nitrogens with one attached hydrogen (secondary N) is 1. The molecule has 7 heteroatoms. The van der Waals surface area contributed by atoms with Crippen LogP contribution in [0.3, 0.4) is 0 Å². The molecule has 0 aliphatic rings. The van der Waals surface area contributed by atoms with Crippen molar-refractivity contribution >= 4 is 28.2 Å². The Labute approximate surface area is 104 Å². The lowest BCUT2D eigenvalue weighted by atomic mass is 10.4. The van der Waals surface area contributed by atoms with E-state index in [9.17, 15) is 0 Å². The second-order valence-electron chi connectivity index (χ2n) is 3.49. The minimum absolute atomic E-state index is 0.127. The van der Waals surface area contributed by atoms with Gasteiger partial charge in [-0.2, -0.15) is 0 Å². The first-order chi connectivity index (χ1) is 7.67. The second-order valence-corrected chi connectivity index (χ2v) is 5.72. The van der Waals surface area contributed by atoms with Crippen LogP contribution in [-0.4, -0.2) is 54.3 Å². The summed E-state index contributed by atoms with van der Waals surface area (Å²) in [6, 6.07) is 0.127. The summed E-state index contributed by atoms with van der Waals surface area (Å²) in [7, 11) is 3.90. The van der Waals surface area contributed by atoms with E-state index in [1.807, 2.05) is 25.9 Å². The summed E-state index contributed by atoms with van der Waals surface area (Å²) in [6.45, 7) is 3.05. The first kappa shape index (κ1) is 13.7. The summed E-state index contributed by atoms with van der Waals surface area (Å²) in [6.07, 6.45) is 0. The Kier molecular flexibility index (Phi) is 6.04. The fraction of sp³-hybridized carbons (Fsp3) is 0.778. The van der Waals surface area contributed by atoms with Gasteiger partial charge in [0, 0.05) is 25.9 Å². The van der Waals surface area contributed by atoms with Crippen LogP contribution < -0.4 is 10.2 Å². The van der Waals surface area contributed by atoms with E-state index in [2.05, 4.69) is 15.5 Å². The standard InChI is InChI=1S/C9H18N4OS2/c1-4-10-7(5-14)6-15-9-12-11-8(16-9)13(2)3/h7,10,14H,4-6H2,1-3H3. The Bertz CT molecular complexity index is 305. The van der Waals surface area contributed by atoms with Gasteiger partial charge in [-0.25, -0.2) is 0 Å². The Balaban J connectivity index is 2.41. The van der Waals surface area contributed by atoms with Crippen molar-refractivity contribution in [2.24, 2.45) is 0 Å². The van der Waals surface area contributed by atoms with Crippen molar-refractivity contribution in [2.75, 3.05) is 37.9 Å². The number of hydrogen-bond donors (Lipinski definition) is 2. The number of rotatable bonds is 7. The maximum atomic E-state index is 9.11. The Hall–Kier alpha value is -0.370. The molecule has 1 heterocycles. The van der Waals surface area contributed by atoms with Gasteiger partial charge >= 0.3 is 0 Å². The normalized spacial score (nSPS) is 12.8. The molecule has 0 aromatic carbocycles. The summed E-state index contributed by atoms with van der Waals surface area (Å²) >= 11 is 3.20. The number of aliphatic hydroxyl groups excluding tert-OH is 1. The number of aliphatic hydroxyl groups is 1. The third-order valence-corrected chi connectivity index (χ3v) is 4.29. The lowest BCUT2D eigenvalue weighted by Crippen LogP contribution is -2.34. The summed E-state index contributed by atoms with van der Waals surface area (Å²) in [5.41, 5.74) is 0. The maximum Gasteiger partial charge on any atom is 0.208 e. The van der Waals surface area contributed by atoms with E-state index in [4.69, 9.17) is 5.11 Å². The minimum atomic E-state index is 0.127. The maximum absolute atomic E-state index is 9.11. The molecule has 1 unspecified atom stereocenters. The lowest BCUT2D eigenvalue weighted by molar-refractivity contribution is 0.255. The number of thioether (sulfide) groups is 1. The fourth-order valence-electron chi connectivity index (χ4n) is 1.08. The van der Waals surface area contributed by atoms with E-state index in [0.29, 0.717) is 0 Å². The third kappa shape index (κ3) is 4.25. The monoisotopic (exact) mass is 262 g/mol. The van der Waals surface area contributed by atoms with Crippen LogP contribution in [-0.2, 0) is 0 Å². The SMILES string of the molecule is CCNC(CO)CSc1nnc(N(C)C)s1. The molecule has 0 amide bonds. The van der Waals surface area contributed by atoms with Crippen molar-refractivity contribution < 1.29 is 5.11 Å². The minimum Gasteiger partial charge on any atom is -0.395 e. The number of anilines is 1. The van der Waals surface area contributed by atoms with Gasteiger partial charge < -0.3 is 15.3 Å². The Morgan fingerprint density at radius 2 is 2.25 bits per heavy atom. The zero-order valence-electron chi connectivity index (χ0n) is 9.80. The molecule has 5 nitrogen and oxygen atoms in total. The number of likely N-dealkylation sites (N-methyl/N-ethyl adjacent to an activating group) is 1. The molecule has 16 heavy (non-hydrogen) atoms. The van der Waals surface area contributed by atoms with Crippen LogP contribution in [0, 0.1) is 0 Å². The van der Waals surface area contributed by atoms with E-state index in [1.165, 1.54) is 0 Å². The molecule has 1 rings (SSSR count). The largest absolute Gasteiger partial charge is 0.395 e. The predicted molar refractivity (Wildman–Crippen MR) is 69.5 cm³/mol. The van der Waals surface area contributed by atoms with Gasteiger partial charge in [-0.15, -0.1) is 10.2 Å². The molecule has 0 bridgehead atoms. The second kappa shape index (κ2) is 7.05. The highest BCUT2D eigenvalue weighted by Crippen LogP contribution is 2.27. The van der Waals surface area contributed by atoms with Crippen LogP contribution in [0.25, 0.3) is 0 Å². The van der Waals surface area contributed by atoms with Crippen molar-refractivity contribution in [1.29, 1.82) is 0 Å². The molecule has 0 aliphatic heterocycles. The molecular formula is C9H18N4OS2.